The summed E-state index contributed by atoms with van der Waals surface area (Å²) in [7, 11) is 3.28. The van der Waals surface area contributed by atoms with Gasteiger partial charge in [0.25, 0.3) is 5.91 Å². The van der Waals surface area contributed by atoms with Gasteiger partial charge in [0.15, 0.2) is 11.5 Å². The number of anilines is 1. The molecular formula is C17H20N4O3. The summed E-state index contributed by atoms with van der Waals surface area (Å²) in [6.45, 7) is 0.866. The van der Waals surface area contributed by atoms with E-state index >= 15 is 0 Å². The summed E-state index contributed by atoms with van der Waals surface area (Å²) < 4.78 is 10.8. The highest BCUT2D eigenvalue weighted by Gasteiger charge is 2.29. The van der Waals surface area contributed by atoms with Gasteiger partial charge in [-0.25, -0.2) is 0 Å². The van der Waals surface area contributed by atoms with Crippen LogP contribution < -0.4 is 20.1 Å². The highest BCUT2D eigenvalue weighted by Crippen LogP contribution is 2.40. The molecule has 24 heavy (non-hydrogen) atoms. The number of benzene rings is 1. The van der Waals surface area contributed by atoms with Crippen LogP contribution in [-0.2, 0) is 0 Å². The minimum atomic E-state index is -0.580. The summed E-state index contributed by atoms with van der Waals surface area (Å²) in [5, 5.41) is 8.06. The summed E-state index contributed by atoms with van der Waals surface area (Å²) in [5.41, 5.74) is 6.46. The van der Waals surface area contributed by atoms with Crippen molar-refractivity contribution >= 4 is 11.7 Å². The van der Waals surface area contributed by atoms with E-state index in [0.717, 1.165) is 42.3 Å². The molecule has 2 aromatic rings. The second-order valence-corrected chi connectivity index (χ2v) is 5.60. The summed E-state index contributed by atoms with van der Waals surface area (Å²) in [6, 6.07) is 9.35. The quantitative estimate of drug-likeness (QED) is 0.902. The number of carbonyl (C=O) groups is 1. The molecule has 0 spiro atoms. The van der Waals surface area contributed by atoms with Gasteiger partial charge in [0, 0.05) is 18.2 Å². The highest BCUT2D eigenvalue weighted by atomic mass is 16.5. The number of carbonyl (C=O) groups excluding carboxylic acids is 1. The zero-order valence-corrected chi connectivity index (χ0v) is 13.7. The minimum absolute atomic E-state index is 0.139. The Kier molecular flexibility index (Phi) is 4.50. The predicted molar refractivity (Wildman–Crippen MR) is 89.4 cm³/mol. The van der Waals surface area contributed by atoms with Gasteiger partial charge in [-0.3, -0.25) is 4.79 Å². The van der Waals surface area contributed by atoms with Gasteiger partial charge in [0.05, 0.1) is 20.3 Å². The molecule has 1 unspecified atom stereocenters. The number of amides is 1. The van der Waals surface area contributed by atoms with Crippen molar-refractivity contribution < 1.29 is 14.3 Å². The first-order chi connectivity index (χ1) is 11.6. The number of methoxy groups -OCH3 is 2. The van der Waals surface area contributed by atoms with E-state index in [-0.39, 0.29) is 11.7 Å². The van der Waals surface area contributed by atoms with Crippen LogP contribution in [0, 0.1) is 0 Å². The van der Waals surface area contributed by atoms with Crippen LogP contribution >= 0.6 is 0 Å². The van der Waals surface area contributed by atoms with Crippen LogP contribution in [0.25, 0.3) is 0 Å². The van der Waals surface area contributed by atoms with Crippen LogP contribution in [0.5, 0.6) is 11.5 Å². The van der Waals surface area contributed by atoms with Crippen molar-refractivity contribution in [2.45, 2.75) is 18.9 Å². The van der Waals surface area contributed by atoms with E-state index in [9.17, 15) is 4.79 Å². The third-order valence-corrected chi connectivity index (χ3v) is 4.25. The van der Waals surface area contributed by atoms with E-state index < -0.39 is 5.91 Å². The molecule has 7 nitrogen and oxygen atoms in total. The van der Waals surface area contributed by atoms with Gasteiger partial charge >= 0.3 is 0 Å². The van der Waals surface area contributed by atoms with Gasteiger partial charge in [-0.1, -0.05) is 0 Å². The molecule has 0 bridgehead atoms. The number of primary amides is 1. The number of aromatic nitrogens is 2. The topological polar surface area (TPSA) is 90.6 Å². The molecule has 0 aliphatic carbocycles. The van der Waals surface area contributed by atoms with Crippen molar-refractivity contribution in [3.63, 3.8) is 0 Å². The molecule has 1 atom stereocenters. The van der Waals surface area contributed by atoms with E-state index in [1.54, 1.807) is 26.4 Å². The van der Waals surface area contributed by atoms with Gasteiger partial charge in [-0.05, 0) is 37.1 Å². The maximum atomic E-state index is 11.1. The first-order valence-electron chi connectivity index (χ1n) is 7.76. The number of rotatable bonds is 5. The molecule has 1 amide bonds. The van der Waals surface area contributed by atoms with Crippen molar-refractivity contribution in [3.05, 3.63) is 41.6 Å². The van der Waals surface area contributed by atoms with Crippen LogP contribution in [0.3, 0.4) is 0 Å². The summed E-state index contributed by atoms with van der Waals surface area (Å²) >= 11 is 0. The van der Waals surface area contributed by atoms with Crippen LogP contribution in [0.15, 0.2) is 30.3 Å². The van der Waals surface area contributed by atoms with Crippen molar-refractivity contribution in [1.29, 1.82) is 0 Å². The summed E-state index contributed by atoms with van der Waals surface area (Å²) in [4.78, 5) is 13.3. The molecular weight excluding hydrogens is 308 g/mol. The molecule has 3 rings (SSSR count). The maximum Gasteiger partial charge on any atom is 0.269 e. The molecule has 1 aliphatic rings. The fraction of sp³-hybridized carbons (Fsp3) is 0.353. The molecule has 0 radical (unpaired) electrons. The Bertz CT molecular complexity index is 733. The molecule has 126 valence electrons. The van der Waals surface area contributed by atoms with E-state index in [4.69, 9.17) is 15.2 Å². The largest absolute Gasteiger partial charge is 0.497 e. The standard InChI is InChI=1S/C17H20N4O3/c1-23-11-5-6-12(15(10-11)24-2)14-4-3-9-21(14)16-8-7-13(17(18)22)19-20-16/h5-8,10,14H,3-4,9H2,1-2H3,(H2,18,22). The number of ether oxygens (including phenoxy) is 2. The first-order valence-corrected chi connectivity index (χ1v) is 7.76. The smallest absolute Gasteiger partial charge is 0.269 e. The number of hydrogen-bond donors (Lipinski definition) is 1. The molecule has 1 fully saturated rings. The van der Waals surface area contributed by atoms with Gasteiger partial charge in [-0.15, -0.1) is 10.2 Å². The van der Waals surface area contributed by atoms with Gasteiger partial charge in [-0.2, -0.15) is 0 Å². The third kappa shape index (κ3) is 2.97. The third-order valence-electron chi connectivity index (χ3n) is 4.25. The predicted octanol–water partition coefficient (Wildman–Crippen LogP) is 1.93. The van der Waals surface area contributed by atoms with Gasteiger partial charge < -0.3 is 20.1 Å². The Hall–Kier alpha value is -2.83. The Morgan fingerprint density at radius 3 is 2.67 bits per heavy atom. The Morgan fingerprint density at radius 1 is 1.21 bits per heavy atom. The summed E-state index contributed by atoms with van der Waals surface area (Å²) in [5.74, 6) is 1.68. The van der Waals surface area contributed by atoms with Crippen molar-refractivity contribution in [1.82, 2.24) is 10.2 Å². The molecule has 1 aromatic heterocycles. The average molecular weight is 328 g/mol. The first kappa shape index (κ1) is 16.0. The molecule has 2 heterocycles. The molecule has 0 saturated carbocycles. The lowest BCUT2D eigenvalue weighted by Crippen LogP contribution is -2.25. The Labute approximate surface area is 140 Å². The second-order valence-electron chi connectivity index (χ2n) is 5.60. The van der Waals surface area contributed by atoms with Crippen LogP contribution in [-0.4, -0.2) is 36.9 Å². The van der Waals surface area contributed by atoms with Gasteiger partial charge in [0.1, 0.15) is 11.5 Å². The van der Waals surface area contributed by atoms with Crippen molar-refractivity contribution in [2.75, 3.05) is 25.7 Å². The van der Waals surface area contributed by atoms with E-state index in [2.05, 4.69) is 15.1 Å². The zero-order valence-electron chi connectivity index (χ0n) is 13.7. The molecule has 1 saturated heterocycles. The monoisotopic (exact) mass is 328 g/mol. The highest BCUT2D eigenvalue weighted by molar-refractivity contribution is 5.90. The van der Waals surface area contributed by atoms with Crippen LogP contribution in [0.1, 0.15) is 34.9 Å². The molecule has 1 aliphatic heterocycles. The molecule has 7 heteroatoms. The molecule has 1 aromatic carbocycles. The molecule has 2 N–H and O–H groups in total. The minimum Gasteiger partial charge on any atom is -0.497 e. The summed E-state index contributed by atoms with van der Waals surface area (Å²) in [6.07, 6.45) is 2.03. The normalized spacial score (nSPS) is 16.9. The number of nitrogens with two attached hydrogens (primary N) is 1. The lowest BCUT2D eigenvalue weighted by Gasteiger charge is -2.27. The Balaban J connectivity index is 1.92. The average Bonchev–Trinajstić information content (AvgIpc) is 3.10. The lowest BCUT2D eigenvalue weighted by atomic mass is 10.0. The Morgan fingerprint density at radius 2 is 2.04 bits per heavy atom. The number of nitrogens with zero attached hydrogens (tertiary/aromatic N) is 3. The van der Waals surface area contributed by atoms with Crippen LogP contribution in [0.2, 0.25) is 0 Å². The van der Waals surface area contributed by atoms with Crippen LogP contribution in [0.4, 0.5) is 5.82 Å². The number of hydrogen-bond acceptors (Lipinski definition) is 6. The second kappa shape index (κ2) is 6.74. The fourth-order valence-electron chi connectivity index (χ4n) is 3.07. The van der Waals surface area contributed by atoms with E-state index in [1.165, 1.54) is 0 Å². The van der Waals surface area contributed by atoms with Crippen molar-refractivity contribution in [3.8, 4) is 11.5 Å². The fourth-order valence-corrected chi connectivity index (χ4v) is 3.07. The van der Waals surface area contributed by atoms with E-state index in [1.807, 2.05) is 18.2 Å². The van der Waals surface area contributed by atoms with Gasteiger partial charge in [0.2, 0.25) is 0 Å². The van der Waals surface area contributed by atoms with Crippen molar-refractivity contribution in [2.24, 2.45) is 5.73 Å². The SMILES string of the molecule is COc1ccc(C2CCCN2c2ccc(C(N)=O)nn2)c(OC)c1. The lowest BCUT2D eigenvalue weighted by molar-refractivity contribution is 0.0994. The maximum absolute atomic E-state index is 11.1. The van der Waals surface area contributed by atoms with E-state index in [0.29, 0.717) is 0 Å². The zero-order chi connectivity index (χ0) is 17.1.